The van der Waals surface area contributed by atoms with Gasteiger partial charge in [-0.3, -0.25) is 0 Å². The maximum Gasteiger partial charge on any atom is 0.0933 e. The molecule has 0 fully saturated rings. The minimum Gasteiger partial charge on any atom is -0.398 e. The van der Waals surface area contributed by atoms with Crippen LogP contribution < -0.4 is 5.73 Å². The van der Waals surface area contributed by atoms with Crippen molar-refractivity contribution in [3.8, 4) is 6.07 Å². The second kappa shape index (κ2) is 4.45. The summed E-state index contributed by atoms with van der Waals surface area (Å²) in [6.45, 7) is 0. The summed E-state index contributed by atoms with van der Waals surface area (Å²) in [4.78, 5) is 0. The predicted octanol–water partition coefficient (Wildman–Crippen LogP) is 3.03. The molecule has 0 amide bonds. The first-order chi connectivity index (χ1) is 6.15. The number of nitrogens with zero attached hydrogens (tertiary/aromatic N) is 1. The van der Waals surface area contributed by atoms with Gasteiger partial charge in [0, 0.05) is 20.6 Å². The maximum absolute atomic E-state index is 8.41. The van der Waals surface area contributed by atoms with Gasteiger partial charge in [-0.2, -0.15) is 5.26 Å². The lowest BCUT2D eigenvalue weighted by Crippen LogP contribution is -1.96. The Morgan fingerprint density at radius 2 is 2.15 bits per heavy atom. The Bertz CT molecular complexity index is 391. The van der Waals surface area contributed by atoms with Crippen molar-refractivity contribution in [3.05, 3.63) is 38.8 Å². The van der Waals surface area contributed by atoms with Gasteiger partial charge in [0.1, 0.15) is 0 Å². The van der Waals surface area contributed by atoms with Gasteiger partial charge < -0.3 is 5.73 Å². The number of benzene rings is 1. The number of allylic oxidation sites excluding steroid dienone is 1. The number of nitrogens with two attached hydrogens (primary N) is 1. The van der Waals surface area contributed by atoms with Gasteiger partial charge in [-0.05, 0) is 12.1 Å². The molecule has 0 saturated heterocycles. The van der Waals surface area contributed by atoms with Crippen molar-refractivity contribution in [1.82, 2.24) is 0 Å². The zero-order valence-electron chi connectivity index (χ0n) is 6.59. The van der Waals surface area contributed by atoms with Gasteiger partial charge in [0.2, 0.25) is 0 Å². The largest absolute Gasteiger partial charge is 0.398 e. The minimum absolute atomic E-state index is 0.460. The molecule has 1 aromatic carbocycles. The average Bonchev–Trinajstić information content (AvgIpc) is 2.04. The summed E-state index contributed by atoms with van der Waals surface area (Å²) in [6.07, 6.45) is 1.31. The Hall–Kier alpha value is -0.790. The Morgan fingerprint density at radius 3 is 2.69 bits per heavy atom. The molecule has 1 aromatic rings. The smallest absolute Gasteiger partial charge is 0.0933 e. The van der Waals surface area contributed by atoms with Crippen molar-refractivity contribution < 1.29 is 0 Å². The molecular weight excluding hydrogens is 296 g/mol. The summed E-state index contributed by atoms with van der Waals surface area (Å²) >= 11 is 6.69. The van der Waals surface area contributed by atoms with Crippen molar-refractivity contribution >= 4 is 37.6 Å². The van der Waals surface area contributed by atoms with Gasteiger partial charge in [0.05, 0.1) is 11.8 Å². The lowest BCUT2D eigenvalue weighted by atomic mass is 10.1. The van der Waals surface area contributed by atoms with Gasteiger partial charge in [-0.1, -0.05) is 37.9 Å². The first kappa shape index (κ1) is 10.3. The molecule has 0 aliphatic heterocycles. The molecule has 66 valence electrons. The molecule has 0 aliphatic carbocycles. The van der Waals surface area contributed by atoms with Crippen LogP contribution in [0.1, 0.15) is 5.56 Å². The van der Waals surface area contributed by atoms with E-state index in [4.69, 9.17) is 11.0 Å². The second-order valence-electron chi connectivity index (χ2n) is 2.35. The molecule has 0 atom stereocenters. The number of rotatable bonds is 1. The van der Waals surface area contributed by atoms with Crippen LogP contribution in [0.5, 0.6) is 0 Å². The molecule has 4 heteroatoms. The van der Waals surface area contributed by atoms with Crippen LogP contribution in [0.25, 0.3) is 5.70 Å². The SMILES string of the molecule is N#C/C=C(/N)c1ccc(Br)cc1Br. The van der Waals surface area contributed by atoms with E-state index >= 15 is 0 Å². The van der Waals surface area contributed by atoms with E-state index < -0.39 is 0 Å². The summed E-state index contributed by atoms with van der Waals surface area (Å²) in [7, 11) is 0. The minimum atomic E-state index is 0.460. The van der Waals surface area contributed by atoms with Crippen molar-refractivity contribution in [2.45, 2.75) is 0 Å². The number of nitriles is 1. The van der Waals surface area contributed by atoms with Crippen LogP contribution in [-0.2, 0) is 0 Å². The van der Waals surface area contributed by atoms with E-state index in [0.717, 1.165) is 14.5 Å². The Kier molecular flexibility index (Phi) is 3.52. The highest BCUT2D eigenvalue weighted by Gasteiger charge is 2.02. The molecule has 2 N–H and O–H groups in total. The summed E-state index contributed by atoms with van der Waals surface area (Å²) in [5.41, 5.74) is 6.93. The molecule has 0 aliphatic rings. The van der Waals surface area contributed by atoms with E-state index in [1.807, 2.05) is 24.3 Å². The third-order valence-electron chi connectivity index (χ3n) is 1.46. The topological polar surface area (TPSA) is 49.8 Å². The second-order valence-corrected chi connectivity index (χ2v) is 4.12. The zero-order valence-corrected chi connectivity index (χ0v) is 9.76. The van der Waals surface area contributed by atoms with Gasteiger partial charge in [0.25, 0.3) is 0 Å². The number of hydrogen-bond donors (Lipinski definition) is 1. The summed E-state index contributed by atoms with van der Waals surface area (Å²) < 4.78 is 1.83. The van der Waals surface area contributed by atoms with Crippen LogP contribution in [0.15, 0.2) is 33.2 Å². The van der Waals surface area contributed by atoms with E-state index in [2.05, 4.69) is 31.9 Å². The van der Waals surface area contributed by atoms with Gasteiger partial charge in [-0.15, -0.1) is 0 Å². The van der Waals surface area contributed by atoms with Gasteiger partial charge >= 0.3 is 0 Å². The van der Waals surface area contributed by atoms with Crippen molar-refractivity contribution in [3.63, 3.8) is 0 Å². The van der Waals surface area contributed by atoms with E-state index in [1.54, 1.807) is 0 Å². The molecule has 13 heavy (non-hydrogen) atoms. The molecule has 0 bridgehead atoms. The Morgan fingerprint density at radius 1 is 1.46 bits per heavy atom. The summed E-state index contributed by atoms with van der Waals surface area (Å²) in [5, 5.41) is 8.41. The number of halogens is 2. The zero-order chi connectivity index (χ0) is 9.84. The first-order valence-electron chi connectivity index (χ1n) is 3.46. The monoisotopic (exact) mass is 300 g/mol. The lowest BCUT2D eigenvalue weighted by Gasteiger charge is -2.03. The third-order valence-corrected chi connectivity index (χ3v) is 2.61. The van der Waals surface area contributed by atoms with Crippen LogP contribution in [0, 0.1) is 11.3 Å². The number of hydrogen-bond acceptors (Lipinski definition) is 2. The van der Waals surface area contributed by atoms with E-state index in [-0.39, 0.29) is 0 Å². The first-order valence-corrected chi connectivity index (χ1v) is 5.04. The van der Waals surface area contributed by atoms with E-state index in [1.165, 1.54) is 6.08 Å². The van der Waals surface area contributed by atoms with Crippen molar-refractivity contribution in [2.75, 3.05) is 0 Å². The quantitative estimate of drug-likeness (QED) is 0.811. The fraction of sp³-hybridized carbons (Fsp3) is 0. The average molecular weight is 302 g/mol. The summed E-state index contributed by atoms with van der Waals surface area (Å²) in [5.74, 6) is 0. The van der Waals surface area contributed by atoms with E-state index in [0.29, 0.717) is 5.70 Å². The highest BCUT2D eigenvalue weighted by Crippen LogP contribution is 2.25. The lowest BCUT2D eigenvalue weighted by molar-refractivity contribution is 1.46. The molecule has 0 aromatic heterocycles. The van der Waals surface area contributed by atoms with E-state index in [9.17, 15) is 0 Å². The third kappa shape index (κ3) is 2.58. The normalized spacial score (nSPS) is 11.0. The fourth-order valence-electron chi connectivity index (χ4n) is 0.871. The summed E-state index contributed by atoms with van der Waals surface area (Å²) in [6, 6.07) is 7.49. The maximum atomic E-state index is 8.41. The van der Waals surface area contributed by atoms with Crippen molar-refractivity contribution in [1.29, 1.82) is 5.26 Å². The molecule has 1 rings (SSSR count). The van der Waals surface area contributed by atoms with Crippen LogP contribution in [0.2, 0.25) is 0 Å². The Balaban J connectivity index is 3.18. The molecule has 0 unspecified atom stereocenters. The molecule has 0 heterocycles. The molecule has 2 nitrogen and oxygen atoms in total. The highest BCUT2D eigenvalue weighted by molar-refractivity contribution is 9.11. The standard InChI is InChI=1S/C9H6Br2N2/c10-6-1-2-7(8(11)5-6)9(13)3-4-12/h1-3,5H,13H2/b9-3+. The molecule has 0 spiro atoms. The fourth-order valence-corrected chi connectivity index (χ4v) is 2.15. The molecular formula is C9H6Br2N2. The predicted molar refractivity (Wildman–Crippen MR) is 59.6 cm³/mol. The van der Waals surface area contributed by atoms with Crippen LogP contribution >= 0.6 is 31.9 Å². The molecule has 0 saturated carbocycles. The highest BCUT2D eigenvalue weighted by atomic mass is 79.9. The van der Waals surface area contributed by atoms with Crippen LogP contribution in [0.4, 0.5) is 0 Å². The molecule has 0 radical (unpaired) electrons. The van der Waals surface area contributed by atoms with Gasteiger partial charge in [-0.25, -0.2) is 0 Å². The van der Waals surface area contributed by atoms with Crippen molar-refractivity contribution in [2.24, 2.45) is 5.73 Å². The van der Waals surface area contributed by atoms with Crippen LogP contribution in [0.3, 0.4) is 0 Å². The van der Waals surface area contributed by atoms with Gasteiger partial charge in [0.15, 0.2) is 0 Å². The Labute approximate surface area is 93.3 Å². The van der Waals surface area contributed by atoms with Crippen LogP contribution in [-0.4, -0.2) is 0 Å².